The van der Waals surface area contributed by atoms with E-state index in [1.54, 1.807) is 27.7 Å². The number of alkyl halides is 8. The number of hydrogen-bond donors (Lipinski definition) is 0. The molecule has 10 nitrogen and oxygen atoms in total. The lowest BCUT2D eigenvalue weighted by atomic mass is 10.1. The van der Waals surface area contributed by atoms with Crippen molar-refractivity contribution in [3.05, 3.63) is 53.5 Å². The van der Waals surface area contributed by atoms with E-state index in [9.17, 15) is 37.8 Å². The predicted octanol–water partition coefficient (Wildman–Crippen LogP) is 13.2. The van der Waals surface area contributed by atoms with Gasteiger partial charge in [-0.3, -0.25) is 20.2 Å². The molecule has 0 bridgehead atoms. The van der Waals surface area contributed by atoms with Crippen LogP contribution in [0, 0.1) is 20.2 Å². The summed E-state index contributed by atoms with van der Waals surface area (Å²) in [7, 11) is 0. The van der Waals surface area contributed by atoms with Crippen LogP contribution in [0.3, 0.4) is 0 Å². The lowest BCUT2D eigenvalue weighted by molar-refractivity contribution is -0.390. The van der Waals surface area contributed by atoms with Gasteiger partial charge in [0, 0.05) is 35.5 Å². The van der Waals surface area contributed by atoms with E-state index in [1.807, 2.05) is 0 Å². The van der Waals surface area contributed by atoms with Gasteiger partial charge in [-0.25, -0.2) is 0 Å². The Hall–Kier alpha value is -0.460. The Kier molecular flexibility index (Phi) is 20.3. The third-order valence-electron chi connectivity index (χ3n) is 6.99. The standard InChI is InChI=1S/C30H30Br4Cl2F4N2O8S4/c1-5-15-11-17(35)25(21(41(43)44)23(15)49-29(37,38)27(31)32)53-9-7-19(51)47-13(3)14(4)48-20(52)8-10-54-26-18(36)12-16(6-2)24(22(26)42(45)46)50-30(39,40)28(33)34/h11-14,27-28H,5-10H2,1-4H3. The molecular formula is C30H30Br4Cl2F4N2O8S4. The zero-order valence-corrected chi connectivity index (χ0v) is 39.4. The minimum absolute atomic E-state index is 0.0185. The molecule has 0 fully saturated rings. The number of nitrogens with zero attached hydrogens (tertiary/aromatic N) is 2. The van der Waals surface area contributed by atoms with Crippen LogP contribution < -0.4 is 9.47 Å². The van der Waals surface area contributed by atoms with E-state index in [0.717, 1.165) is 23.5 Å². The first-order valence-electron chi connectivity index (χ1n) is 15.3. The molecular weight excluding hydrogens is 1110 g/mol. The molecule has 0 amide bonds. The number of halogens is 10. The van der Waals surface area contributed by atoms with Gasteiger partial charge in [-0.1, -0.05) is 101 Å². The average Bonchev–Trinajstić information content (AvgIpc) is 3.06. The normalized spacial score (nSPS) is 13.1. The highest BCUT2D eigenvalue weighted by atomic mass is 79.9. The van der Waals surface area contributed by atoms with Crippen LogP contribution in [0.5, 0.6) is 11.5 Å². The van der Waals surface area contributed by atoms with Gasteiger partial charge in [-0.05, 0) is 63.3 Å². The summed E-state index contributed by atoms with van der Waals surface area (Å²) in [6, 6.07) is 2.68. The fourth-order valence-corrected chi connectivity index (χ4v) is 8.12. The minimum Gasteiger partial charge on any atom is -0.480 e. The number of thioether (sulfide) groups is 2. The summed E-state index contributed by atoms with van der Waals surface area (Å²) in [4.78, 5) is 22.3. The number of hydrogen-bond acceptors (Lipinski definition) is 12. The Morgan fingerprint density at radius 2 is 1.07 bits per heavy atom. The van der Waals surface area contributed by atoms with Crippen LogP contribution in [0.4, 0.5) is 28.9 Å². The second-order valence-electron chi connectivity index (χ2n) is 10.8. The summed E-state index contributed by atoms with van der Waals surface area (Å²) in [6.45, 7) is 6.55. The van der Waals surface area contributed by atoms with Crippen molar-refractivity contribution in [3.8, 4) is 11.5 Å². The molecule has 2 aromatic carbocycles. The Bertz CT molecular complexity index is 1600. The summed E-state index contributed by atoms with van der Waals surface area (Å²) in [6.07, 6.45) is -8.46. The van der Waals surface area contributed by atoms with E-state index >= 15 is 0 Å². The van der Waals surface area contributed by atoms with Crippen LogP contribution in [0.15, 0.2) is 21.9 Å². The molecule has 2 atom stereocenters. The highest BCUT2D eigenvalue weighted by Crippen LogP contribution is 2.49. The lowest BCUT2D eigenvalue weighted by Crippen LogP contribution is -2.32. The molecule has 0 saturated carbocycles. The van der Waals surface area contributed by atoms with Crippen molar-refractivity contribution in [1.82, 2.24) is 0 Å². The molecule has 54 heavy (non-hydrogen) atoms. The molecule has 0 N–H and O–H groups in total. The topological polar surface area (TPSA) is 123 Å². The molecule has 0 aromatic heterocycles. The minimum atomic E-state index is -3.84. The second-order valence-corrected chi connectivity index (χ2v) is 20.8. The first-order valence-corrected chi connectivity index (χ1v) is 22.5. The van der Waals surface area contributed by atoms with Crippen LogP contribution >= 0.6 is 135 Å². The van der Waals surface area contributed by atoms with Gasteiger partial charge in [0.15, 0.2) is 17.6 Å². The molecule has 0 radical (unpaired) electrons. The molecule has 2 aromatic rings. The summed E-state index contributed by atoms with van der Waals surface area (Å²) >= 11 is 36.0. The predicted molar refractivity (Wildman–Crippen MR) is 226 cm³/mol. The molecule has 302 valence electrons. The zero-order chi connectivity index (χ0) is 41.3. The summed E-state index contributed by atoms with van der Waals surface area (Å²) < 4.78 is 75.8. The first-order chi connectivity index (χ1) is 25.0. The maximum absolute atomic E-state index is 14.5. The average molecular weight is 1140 g/mol. The number of rotatable bonds is 21. The van der Waals surface area contributed by atoms with E-state index in [4.69, 9.17) is 66.6 Å². The van der Waals surface area contributed by atoms with Gasteiger partial charge in [-0.15, -0.1) is 23.5 Å². The van der Waals surface area contributed by atoms with E-state index in [-0.39, 0.29) is 78.3 Å². The molecule has 2 rings (SSSR count). The van der Waals surface area contributed by atoms with Crippen molar-refractivity contribution in [1.29, 1.82) is 0 Å². The SMILES string of the molecule is CCc1cc(Cl)c(SCCC(=S)OC(C)C(C)OC(=S)CCSc2c(Cl)cc(CC)c(OC(F)(F)C(Br)Br)c2[N+](=O)[O-])c([N+](=O)[O-])c1OC(F)(F)C(Br)Br. The summed E-state index contributed by atoms with van der Waals surface area (Å²) in [5.74, 6) is -0.951. The molecule has 0 heterocycles. The van der Waals surface area contributed by atoms with Gasteiger partial charge < -0.3 is 18.9 Å². The van der Waals surface area contributed by atoms with Crippen LogP contribution in [0.25, 0.3) is 0 Å². The molecule has 2 unspecified atom stereocenters. The molecule has 0 saturated heterocycles. The van der Waals surface area contributed by atoms with Gasteiger partial charge in [0.05, 0.1) is 19.9 Å². The Balaban J connectivity index is 2.05. The highest BCUT2D eigenvalue weighted by Gasteiger charge is 2.44. The van der Waals surface area contributed by atoms with Gasteiger partial charge >= 0.3 is 23.6 Å². The van der Waals surface area contributed by atoms with Crippen LogP contribution in [0.2, 0.25) is 10.0 Å². The molecule has 0 aliphatic carbocycles. The molecule has 0 aliphatic heterocycles. The van der Waals surface area contributed by atoms with Gasteiger partial charge in [-0.2, -0.15) is 17.6 Å². The van der Waals surface area contributed by atoms with Crippen molar-refractivity contribution in [2.75, 3.05) is 11.5 Å². The van der Waals surface area contributed by atoms with E-state index in [1.165, 1.54) is 12.1 Å². The van der Waals surface area contributed by atoms with E-state index in [0.29, 0.717) is 0 Å². The second kappa shape index (κ2) is 22.1. The monoisotopic (exact) mass is 1140 g/mol. The number of nitro benzene ring substituents is 2. The van der Waals surface area contributed by atoms with Crippen molar-refractivity contribution in [3.63, 3.8) is 0 Å². The smallest absolute Gasteiger partial charge is 0.421 e. The largest absolute Gasteiger partial charge is 0.480 e. The van der Waals surface area contributed by atoms with E-state index < -0.39 is 64.6 Å². The van der Waals surface area contributed by atoms with Crippen LogP contribution in [-0.2, 0) is 22.3 Å². The number of ether oxygens (including phenoxy) is 4. The number of nitro groups is 2. The first kappa shape index (κ1) is 49.7. The highest BCUT2D eigenvalue weighted by molar-refractivity contribution is 9.25. The van der Waals surface area contributed by atoms with Gasteiger partial charge in [0.2, 0.25) is 11.5 Å². The molecule has 0 spiro atoms. The fraction of sp³-hybridized carbons (Fsp3) is 0.533. The zero-order valence-electron chi connectivity index (χ0n) is 28.3. The van der Waals surface area contributed by atoms with Gasteiger partial charge in [0.25, 0.3) is 0 Å². The Morgan fingerprint density at radius 1 is 0.759 bits per heavy atom. The van der Waals surface area contributed by atoms with Crippen molar-refractivity contribution < 1.29 is 46.4 Å². The van der Waals surface area contributed by atoms with Crippen molar-refractivity contribution in [2.45, 2.75) is 95.1 Å². The third-order valence-corrected chi connectivity index (χ3v) is 12.8. The molecule has 0 aliphatic rings. The quantitative estimate of drug-likeness (QED) is 0.0295. The van der Waals surface area contributed by atoms with Crippen LogP contribution in [-0.4, -0.2) is 63.4 Å². The van der Waals surface area contributed by atoms with Crippen molar-refractivity contribution >= 4 is 156 Å². The van der Waals surface area contributed by atoms with Crippen LogP contribution in [0.1, 0.15) is 51.7 Å². The van der Waals surface area contributed by atoms with Crippen molar-refractivity contribution in [2.24, 2.45) is 0 Å². The summed E-state index contributed by atoms with van der Waals surface area (Å²) in [5.41, 5.74) is -1.16. The summed E-state index contributed by atoms with van der Waals surface area (Å²) in [5, 5.41) is 24.3. The number of aryl methyl sites for hydroxylation is 2. The van der Waals surface area contributed by atoms with E-state index in [2.05, 4.69) is 63.7 Å². The third kappa shape index (κ3) is 13.8. The maximum atomic E-state index is 14.5. The Labute approximate surface area is 371 Å². The maximum Gasteiger partial charge on any atom is 0.421 e. The van der Waals surface area contributed by atoms with Gasteiger partial charge in [0.1, 0.15) is 22.0 Å². The number of benzene rings is 2. The lowest BCUT2D eigenvalue weighted by Gasteiger charge is -2.23. The molecule has 24 heteroatoms. The Morgan fingerprint density at radius 3 is 1.33 bits per heavy atom. The number of thiocarbonyl (C=S) groups is 2. The fourth-order valence-electron chi connectivity index (χ4n) is 4.22.